The van der Waals surface area contributed by atoms with Crippen molar-refractivity contribution in [3.63, 3.8) is 0 Å². The SMILES string of the molecule is O=c1c(-c2cccc(C3CC(Br)=NO3)c2)c(O)[n+](Cc2cnc(Cl)s2)c2ccccn12. The fourth-order valence-corrected chi connectivity index (χ4v) is 4.97. The summed E-state index contributed by atoms with van der Waals surface area (Å²) in [5, 5.41) is 15.2. The Morgan fingerprint density at radius 1 is 1.32 bits per heavy atom. The molecule has 0 bridgehead atoms. The lowest BCUT2D eigenvalue weighted by atomic mass is 10.0. The highest BCUT2D eigenvalue weighted by Gasteiger charge is 2.27. The molecule has 4 aromatic rings. The van der Waals surface area contributed by atoms with Gasteiger partial charge in [0, 0.05) is 18.7 Å². The van der Waals surface area contributed by atoms with Crippen molar-refractivity contribution in [1.82, 2.24) is 9.38 Å². The summed E-state index contributed by atoms with van der Waals surface area (Å²) in [7, 11) is 0. The summed E-state index contributed by atoms with van der Waals surface area (Å²) in [5.41, 5.74) is 1.92. The smallest absolute Gasteiger partial charge is 0.354 e. The number of hydrogen-bond acceptors (Lipinski definition) is 6. The molecule has 0 spiro atoms. The Morgan fingerprint density at radius 2 is 2.19 bits per heavy atom. The summed E-state index contributed by atoms with van der Waals surface area (Å²) >= 11 is 10.7. The molecule has 0 saturated carbocycles. The van der Waals surface area contributed by atoms with Gasteiger partial charge in [-0.05, 0) is 39.2 Å². The van der Waals surface area contributed by atoms with Crippen molar-refractivity contribution < 1.29 is 14.5 Å². The van der Waals surface area contributed by atoms with Gasteiger partial charge in [-0.1, -0.05) is 41.0 Å². The molecule has 5 rings (SSSR count). The van der Waals surface area contributed by atoms with Crippen molar-refractivity contribution in [3.05, 3.63) is 80.1 Å². The second-order valence-corrected chi connectivity index (χ2v) is 9.60. The Kier molecular flexibility index (Phi) is 5.25. The molecule has 1 aromatic carbocycles. The largest absolute Gasteiger partial charge is 0.477 e. The second kappa shape index (κ2) is 8.07. The molecular weight excluding hydrogens is 504 g/mol. The Labute approximate surface area is 194 Å². The van der Waals surface area contributed by atoms with Gasteiger partial charge in [-0.25, -0.2) is 9.78 Å². The van der Waals surface area contributed by atoms with E-state index in [9.17, 15) is 9.90 Å². The van der Waals surface area contributed by atoms with Crippen LogP contribution in [-0.2, 0) is 11.4 Å². The van der Waals surface area contributed by atoms with Gasteiger partial charge in [0.05, 0.1) is 11.1 Å². The zero-order valence-electron chi connectivity index (χ0n) is 15.9. The number of aromatic nitrogens is 3. The second-order valence-electron chi connectivity index (χ2n) is 6.99. The number of hydrogen-bond donors (Lipinski definition) is 1. The number of rotatable bonds is 4. The molecule has 0 saturated heterocycles. The minimum Gasteiger partial charge on any atom is -0.477 e. The third-order valence-electron chi connectivity index (χ3n) is 5.05. The molecule has 0 aliphatic carbocycles. The van der Waals surface area contributed by atoms with Gasteiger partial charge in [0.1, 0.15) is 11.2 Å². The summed E-state index contributed by atoms with van der Waals surface area (Å²) in [6.45, 7) is 0.323. The lowest BCUT2D eigenvalue weighted by molar-refractivity contribution is -0.671. The number of fused-ring (bicyclic) bond motifs is 1. The van der Waals surface area contributed by atoms with Crippen LogP contribution in [-0.4, -0.2) is 19.1 Å². The highest BCUT2D eigenvalue weighted by molar-refractivity contribution is 9.18. The number of aromatic hydroxyl groups is 1. The average molecular weight is 519 g/mol. The normalized spacial score (nSPS) is 15.8. The lowest BCUT2D eigenvalue weighted by Gasteiger charge is -2.12. The topological polar surface area (TPSA) is 80.1 Å². The van der Waals surface area contributed by atoms with Crippen molar-refractivity contribution in [2.24, 2.45) is 5.16 Å². The van der Waals surface area contributed by atoms with Crippen LogP contribution in [0.3, 0.4) is 0 Å². The van der Waals surface area contributed by atoms with Gasteiger partial charge >= 0.3 is 5.56 Å². The number of halogens is 2. The van der Waals surface area contributed by atoms with Crippen LogP contribution in [0.5, 0.6) is 5.88 Å². The molecule has 7 nitrogen and oxygen atoms in total. The molecule has 0 fully saturated rings. The fourth-order valence-electron chi connectivity index (χ4n) is 3.63. The minimum atomic E-state index is -0.311. The molecule has 10 heteroatoms. The standard InChI is InChI=1S/C21H14BrClN4O3S/c22-16-9-15(30-25-16)12-4-3-5-13(8-12)18-19(28)26-7-2-1-6-17(26)27(20(18)29)11-14-10-24-21(23)31-14/h1-8,10,15H,9,11H2/p+1. The quantitative estimate of drug-likeness (QED) is 0.409. The maximum Gasteiger partial charge on any atom is 0.354 e. The van der Waals surface area contributed by atoms with E-state index in [1.165, 1.54) is 15.7 Å². The molecule has 3 aromatic heterocycles. The lowest BCUT2D eigenvalue weighted by Crippen LogP contribution is -2.41. The zero-order chi connectivity index (χ0) is 21.5. The Morgan fingerprint density at radius 3 is 2.94 bits per heavy atom. The number of pyridine rings is 1. The van der Waals surface area contributed by atoms with Crippen molar-refractivity contribution in [3.8, 4) is 17.0 Å². The van der Waals surface area contributed by atoms with Crippen molar-refractivity contribution in [1.29, 1.82) is 0 Å². The van der Waals surface area contributed by atoms with E-state index >= 15 is 0 Å². The van der Waals surface area contributed by atoms with Gasteiger partial charge < -0.3 is 9.94 Å². The molecule has 1 N–H and O–H groups in total. The van der Waals surface area contributed by atoms with E-state index in [1.807, 2.05) is 24.3 Å². The van der Waals surface area contributed by atoms with Crippen LogP contribution in [0, 0.1) is 0 Å². The van der Waals surface area contributed by atoms with Gasteiger partial charge in [0.15, 0.2) is 16.1 Å². The molecule has 1 aliphatic heterocycles. The predicted octanol–water partition coefficient (Wildman–Crippen LogP) is 4.29. The first-order valence-corrected chi connectivity index (χ1v) is 11.3. The number of thiazole rings is 1. The van der Waals surface area contributed by atoms with Crippen molar-refractivity contribution >= 4 is 49.1 Å². The predicted molar refractivity (Wildman–Crippen MR) is 122 cm³/mol. The average Bonchev–Trinajstić information content (AvgIpc) is 3.39. The summed E-state index contributed by atoms with van der Waals surface area (Å²) < 4.78 is 4.36. The third-order valence-corrected chi connectivity index (χ3v) is 6.61. The van der Waals surface area contributed by atoms with E-state index < -0.39 is 0 Å². The van der Waals surface area contributed by atoms with Gasteiger partial charge in [0.2, 0.25) is 0 Å². The summed E-state index contributed by atoms with van der Waals surface area (Å²) in [6, 6.07) is 12.8. The number of benzene rings is 1. The Bertz CT molecular complexity index is 1400. The fraction of sp³-hybridized carbons (Fsp3) is 0.143. The third kappa shape index (κ3) is 3.73. The maximum absolute atomic E-state index is 13.3. The van der Waals surface area contributed by atoms with Crippen molar-refractivity contribution in [2.45, 2.75) is 19.1 Å². The van der Waals surface area contributed by atoms with E-state index in [-0.39, 0.29) is 23.1 Å². The molecule has 0 amide bonds. The van der Waals surface area contributed by atoms with Crippen LogP contribution in [0.2, 0.25) is 4.47 Å². The monoisotopic (exact) mass is 517 g/mol. The van der Waals surface area contributed by atoms with E-state index in [4.69, 9.17) is 16.4 Å². The summed E-state index contributed by atoms with van der Waals surface area (Å²) in [4.78, 5) is 23.7. The molecule has 1 unspecified atom stereocenters. The highest BCUT2D eigenvalue weighted by Crippen LogP contribution is 2.32. The first kappa shape index (κ1) is 20.2. The van der Waals surface area contributed by atoms with Crippen LogP contribution in [0.25, 0.3) is 16.8 Å². The first-order chi connectivity index (χ1) is 15.0. The van der Waals surface area contributed by atoms with Gasteiger partial charge in [0.25, 0.3) is 11.5 Å². The van der Waals surface area contributed by atoms with Gasteiger partial charge in [-0.3, -0.25) is 0 Å². The molecular formula is C21H15BrClN4O3S+. The van der Waals surface area contributed by atoms with E-state index in [1.54, 1.807) is 35.2 Å². The van der Waals surface area contributed by atoms with Crippen LogP contribution >= 0.6 is 38.9 Å². The molecule has 1 atom stereocenters. The Hall–Kier alpha value is -2.75. The van der Waals surface area contributed by atoms with E-state index in [0.29, 0.717) is 28.6 Å². The molecule has 31 heavy (non-hydrogen) atoms. The number of nitrogens with zero attached hydrogens (tertiary/aromatic N) is 4. The zero-order valence-corrected chi connectivity index (χ0v) is 19.1. The Balaban J connectivity index is 1.68. The van der Waals surface area contributed by atoms with Crippen LogP contribution < -0.4 is 10.1 Å². The molecule has 0 radical (unpaired) electrons. The van der Waals surface area contributed by atoms with E-state index in [2.05, 4.69) is 26.1 Å². The van der Waals surface area contributed by atoms with Crippen LogP contribution in [0.4, 0.5) is 0 Å². The van der Waals surface area contributed by atoms with Gasteiger partial charge in [-0.15, -0.1) is 11.3 Å². The van der Waals surface area contributed by atoms with Crippen LogP contribution in [0.15, 0.2) is 64.8 Å². The minimum absolute atomic E-state index is 0.123. The van der Waals surface area contributed by atoms with E-state index in [0.717, 1.165) is 15.1 Å². The molecule has 156 valence electrons. The van der Waals surface area contributed by atoms with Gasteiger partial charge in [-0.2, -0.15) is 8.97 Å². The van der Waals surface area contributed by atoms with Crippen molar-refractivity contribution in [2.75, 3.05) is 0 Å². The van der Waals surface area contributed by atoms with Crippen LogP contribution in [0.1, 0.15) is 23.0 Å². The summed E-state index contributed by atoms with van der Waals surface area (Å²) in [5.74, 6) is -0.123. The molecule has 4 heterocycles. The number of oxime groups is 1. The maximum atomic E-state index is 13.3. The molecule has 1 aliphatic rings. The first-order valence-electron chi connectivity index (χ1n) is 9.36. The highest BCUT2D eigenvalue weighted by atomic mass is 79.9. The summed E-state index contributed by atoms with van der Waals surface area (Å²) in [6.07, 6.45) is 3.72.